The Bertz CT molecular complexity index is 627. The SMILES string of the molecule is O=C(c1ccc(F)cc1)N1CCC[C@@H](Cc2cccnc2)C1. The number of carbonyl (C=O) groups is 1. The molecule has 0 aliphatic carbocycles. The Morgan fingerprint density at radius 2 is 2.09 bits per heavy atom. The lowest BCUT2D eigenvalue weighted by atomic mass is 9.91. The number of rotatable bonds is 3. The molecule has 2 aromatic rings. The van der Waals surface area contributed by atoms with Crippen LogP contribution >= 0.6 is 0 Å². The van der Waals surface area contributed by atoms with Crippen molar-refractivity contribution in [3.63, 3.8) is 0 Å². The van der Waals surface area contributed by atoms with E-state index in [1.807, 2.05) is 17.2 Å². The third kappa shape index (κ3) is 3.50. The zero-order chi connectivity index (χ0) is 15.4. The predicted octanol–water partition coefficient (Wildman–Crippen LogP) is 3.32. The van der Waals surface area contributed by atoms with Crippen molar-refractivity contribution in [2.24, 2.45) is 5.92 Å². The van der Waals surface area contributed by atoms with E-state index in [0.717, 1.165) is 32.4 Å². The van der Waals surface area contributed by atoms with E-state index in [4.69, 9.17) is 0 Å². The summed E-state index contributed by atoms with van der Waals surface area (Å²) in [5.74, 6) is 0.142. The van der Waals surface area contributed by atoms with E-state index in [2.05, 4.69) is 11.1 Å². The first-order valence-electron chi connectivity index (χ1n) is 7.66. The first-order valence-corrected chi connectivity index (χ1v) is 7.66. The van der Waals surface area contributed by atoms with Crippen molar-refractivity contribution in [3.05, 3.63) is 65.7 Å². The molecule has 1 aromatic heterocycles. The van der Waals surface area contributed by atoms with Crippen molar-refractivity contribution in [1.82, 2.24) is 9.88 Å². The van der Waals surface area contributed by atoms with Crippen molar-refractivity contribution in [1.29, 1.82) is 0 Å². The summed E-state index contributed by atoms with van der Waals surface area (Å²) in [6.07, 6.45) is 6.75. The van der Waals surface area contributed by atoms with Crippen LogP contribution in [0.25, 0.3) is 0 Å². The number of pyridine rings is 1. The quantitative estimate of drug-likeness (QED) is 0.871. The molecule has 0 spiro atoms. The number of aromatic nitrogens is 1. The van der Waals surface area contributed by atoms with E-state index in [1.54, 1.807) is 18.3 Å². The van der Waals surface area contributed by atoms with Gasteiger partial charge in [-0.15, -0.1) is 0 Å². The van der Waals surface area contributed by atoms with Crippen molar-refractivity contribution in [2.45, 2.75) is 19.3 Å². The van der Waals surface area contributed by atoms with Gasteiger partial charge in [-0.25, -0.2) is 4.39 Å². The largest absolute Gasteiger partial charge is 0.338 e. The highest BCUT2D eigenvalue weighted by Crippen LogP contribution is 2.22. The summed E-state index contributed by atoms with van der Waals surface area (Å²) in [6.45, 7) is 1.53. The van der Waals surface area contributed by atoms with Crippen molar-refractivity contribution in [2.75, 3.05) is 13.1 Å². The van der Waals surface area contributed by atoms with Crippen LogP contribution in [0.3, 0.4) is 0 Å². The Morgan fingerprint density at radius 1 is 1.27 bits per heavy atom. The molecule has 1 saturated heterocycles. The maximum absolute atomic E-state index is 13.0. The van der Waals surface area contributed by atoms with Crippen LogP contribution in [-0.2, 0) is 6.42 Å². The first-order chi connectivity index (χ1) is 10.7. The number of carbonyl (C=O) groups excluding carboxylic acids is 1. The highest BCUT2D eigenvalue weighted by atomic mass is 19.1. The molecule has 0 unspecified atom stereocenters. The molecule has 3 nitrogen and oxygen atoms in total. The summed E-state index contributed by atoms with van der Waals surface area (Å²) in [4.78, 5) is 18.5. The van der Waals surface area contributed by atoms with Gasteiger partial charge in [-0.05, 0) is 61.1 Å². The topological polar surface area (TPSA) is 33.2 Å². The van der Waals surface area contributed by atoms with Gasteiger partial charge in [0.2, 0.25) is 0 Å². The molecule has 22 heavy (non-hydrogen) atoms. The van der Waals surface area contributed by atoms with Gasteiger partial charge in [0.1, 0.15) is 5.82 Å². The van der Waals surface area contributed by atoms with E-state index in [-0.39, 0.29) is 11.7 Å². The van der Waals surface area contributed by atoms with Crippen LogP contribution in [0, 0.1) is 11.7 Å². The van der Waals surface area contributed by atoms with Crippen LogP contribution in [-0.4, -0.2) is 28.9 Å². The minimum atomic E-state index is -0.315. The predicted molar refractivity (Wildman–Crippen MR) is 83.0 cm³/mol. The monoisotopic (exact) mass is 298 g/mol. The Kier molecular flexibility index (Phi) is 4.47. The number of halogens is 1. The summed E-state index contributed by atoms with van der Waals surface area (Å²) in [6, 6.07) is 9.81. The molecule has 4 heteroatoms. The van der Waals surface area contributed by atoms with E-state index < -0.39 is 0 Å². The van der Waals surface area contributed by atoms with Gasteiger partial charge in [0.15, 0.2) is 0 Å². The number of nitrogens with zero attached hydrogens (tertiary/aromatic N) is 2. The van der Waals surface area contributed by atoms with Crippen LogP contribution < -0.4 is 0 Å². The second-order valence-corrected chi connectivity index (χ2v) is 5.83. The van der Waals surface area contributed by atoms with Crippen LogP contribution in [0.15, 0.2) is 48.8 Å². The minimum Gasteiger partial charge on any atom is -0.338 e. The van der Waals surface area contributed by atoms with Gasteiger partial charge < -0.3 is 4.90 Å². The van der Waals surface area contributed by atoms with Gasteiger partial charge in [0.25, 0.3) is 5.91 Å². The van der Waals surface area contributed by atoms with Crippen molar-refractivity contribution < 1.29 is 9.18 Å². The molecule has 1 aliphatic heterocycles. The molecule has 1 amide bonds. The van der Waals surface area contributed by atoms with Crippen LogP contribution in [0.2, 0.25) is 0 Å². The number of hydrogen-bond acceptors (Lipinski definition) is 2. The van der Waals surface area contributed by atoms with Gasteiger partial charge in [-0.1, -0.05) is 6.07 Å². The molecule has 0 N–H and O–H groups in total. The molecule has 0 radical (unpaired) electrons. The highest BCUT2D eigenvalue weighted by molar-refractivity contribution is 5.94. The molecule has 1 atom stereocenters. The van der Waals surface area contributed by atoms with Crippen molar-refractivity contribution >= 4 is 5.91 Å². The lowest BCUT2D eigenvalue weighted by Crippen LogP contribution is -2.40. The Balaban J connectivity index is 1.65. The maximum Gasteiger partial charge on any atom is 0.253 e. The number of piperidine rings is 1. The van der Waals surface area contributed by atoms with E-state index in [0.29, 0.717) is 11.5 Å². The minimum absolute atomic E-state index is 0.00381. The average Bonchev–Trinajstić information content (AvgIpc) is 2.56. The number of benzene rings is 1. The molecular weight excluding hydrogens is 279 g/mol. The van der Waals surface area contributed by atoms with Crippen LogP contribution in [0.5, 0.6) is 0 Å². The summed E-state index contributed by atoms with van der Waals surface area (Å²) in [7, 11) is 0. The fourth-order valence-electron chi connectivity index (χ4n) is 3.04. The fourth-order valence-corrected chi connectivity index (χ4v) is 3.04. The number of amides is 1. The Hall–Kier alpha value is -2.23. The summed E-state index contributed by atoms with van der Waals surface area (Å²) >= 11 is 0. The zero-order valence-corrected chi connectivity index (χ0v) is 12.4. The second-order valence-electron chi connectivity index (χ2n) is 5.83. The average molecular weight is 298 g/mol. The Morgan fingerprint density at radius 3 is 2.82 bits per heavy atom. The molecule has 1 aromatic carbocycles. The molecule has 0 saturated carbocycles. The van der Waals surface area contributed by atoms with E-state index in [9.17, 15) is 9.18 Å². The molecular formula is C18H19FN2O. The van der Waals surface area contributed by atoms with Crippen LogP contribution in [0.4, 0.5) is 4.39 Å². The summed E-state index contributed by atoms with van der Waals surface area (Å²) in [5, 5.41) is 0. The van der Waals surface area contributed by atoms with Gasteiger partial charge in [0, 0.05) is 31.0 Å². The normalized spacial score (nSPS) is 18.2. The molecule has 0 bridgehead atoms. The van der Waals surface area contributed by atoms with E-state index >= 15 is 0 Å². The summed E-state index contributed by atoms with van der Waals surface area (Å²) in [5.41, 5.74) is 1.77. The molecule has 2 heterocycles. The van der Waals surface area contributed by atoms with Gasteiger partial charge in [-0.2, -0.15) is 0 Å². The third-order valence-electron chi connectivity index (χ3n) is 4.14. The smallest absolute Gasteiger partial charge is 0.253 e. The zero-order valence-electron chi connectivity index (χ0n) is 12.4. The van der Waals surface area contributed by atoms with Crippen LogP contribution in [0.1, 0.15) is 28.8 Å². The van der Waals surface area contributed by atoms with Gasteiger partial charge >= 0.3 is 0 Å². The number of likely N-dealkylation sites (tertiary alicyclic amines) is 1. The fraction of sp³-hybridized carbons (Fsp3) is 0.333. The molecule has 1 aliphatic rings. The second kappa shape index (κ2) is 6.69. The number of hydrogen-bond donors (Lipinski definition) is 0. The molecule has 1 fully saturated rings. The lowest BCUT2D eigenvalue weighted by Gasteiger charge is -2.33. The van der Waals surface area contributed by atoms with Gasteiger partial charge in [0.05, 0.1) is 0 Å². The molecule has 3 rings (SSSR count). The van der Waals surface area contributed by atoms with Gasteiger partial charge in [-0.3, -0.25) is 9.78 Å². The van der Waals surface area contributed by atoms with E-state index in [1.165, 1.54) is 17.7 Å². The molecule has 114 valence electrons. The third-order valence-corrected chi connectivity index (χ3v) is 4.14. The standard InChI is InChI=1S/C18H19FN2O/c19-17-7-5-16(6-8-17)18(22)21-10-2-4-15(13-21)11-14-3-1-9-20-12-14/h1,3,5-9,12,15H,2,4,10-11,13H2/t15-/m0/s1. The highest BCUT2D eigenvalue weighted by Gasteiger charge is 2.24. The summed E-state index contributed by atoms with van der Waals surface area (Å²) < 4.78 is 13.0. The Labute approximate surface area is 129 Å². The maximum atomic E-state index is 13.0. The lowest BCUT2D eigenvalue weighted by molar-refractivity contribution is 0.0673. The van der Waals surface area contributed by atoms with Crippen molar-refractivity contribution in [3.8, 4) is 0 Å². The first kappa shape index (κ1) is 14.7.